The Balaban J connectivity index is 1.43. The van der Waals surface area contributed by atoms with Crippen LogP contribution in [0.1, 0.15) is 58.9 Å². The maximum Gasteiger partial charge on any atom is 0.332 e. The topological polar surface area (TPSA) is 86.5 Å². The number of aromatic nitrogens is 2. The predicted octanol–water partition coefficient (Wildman–Crippen LogP) is 7.20. The van der Waals surface area contributed by atoms with Crippen LogP contribution in [0.25, 0.3) is 33.6 Å². The standard InChI is InChI=1S/C32H37N3O4/c1-5-21-14-16-22(17-15-21)27-28-30(33-20-34-31(28)38-29(27)23-10-7-6-8-11-23)35-24-12-9-13-25(18-24)37-19-26(36)39-32(2,3)4/h6-8,10-11,14-17,20,24-25H,5,9,12-13,18-19H2,1-4H3,(H,33,34,35)/t24-,25-/m0/s1. The fourth-order valence-electron chi connectivity index (χ4n) is 5.20. The van der Waals surface area contributed by atoms with Crippen LogP contribution in [-0.4, -0.2) is 40.3 Å². The van der Waals surface area contributed by atoms with Gasteiger partial charge in [0.25, 0.3) is 0 Å². The summed E-state index contributed by atoms with van der Waals surface area (Å²) < 4.78 is 17.7. The van der Waals surface area contributed by atoms with Crippen LogP contribution in [0.3, 0.4) is 0 Å². The molecule has 0 spiro atoms. The van der Waals surface area contributed by atoms with Crippen LogP contribution in [0, 0.1) is 0 Å². The lowest BCUT2D eigenvalue weighted by atomic mass is 9.92. The van der Waals surface area contributed by atoms with Gasteiger partial charge in [0.2, 0.25) is 5.71 Å². The number of benzene rings is 2. The smallest absolute Gasteiger partial charge is 0.332 e. The molecule has 0 bridgehead atoms. The molecular formula is C32H37N3O4. The zero-order valence-corrected chi connectivity index (χ0v) is 23.2. The number of carbonyl (C=O) groups is 1. The highest BCUT2D eigenvalue weighted by molar-refractivity contribution is 6.05. The largest absolute Gasteiger partial charge is 0.458 e. The molecule has 0 radical (unpaired) electrons. The Hall–Kier alpha value is -3.71. The van der Waals surface area contributed by atoms with Crippen molar-refractivity contribution in [3.8, 4) is 22.5 Å². The third-order valence-corrected chi connectivity index (χ3v) is 7.00. The molecule has 4 aromatic rings. The van der Waals surface area contributed by atoms with Gasteiger partial charge in [0.1, 0.15) is 30.1 Å². The van der Waals surface area contributed by atoms with Crippen LogP contribution >= 0.6 is 0 Å². The first-order valence-corrected chi connectivity index (χ1v) is 13.8. The van der Waals surface area contributed by atoms with E-state index in [0.29, 0.717) is 5.71 Å². The molecule has 1 fully saturated rings. The van der Waals surface area contributed by atoms with Crippen LogP contribution in [0.2, 0.25) is 0 Å². The van der Waals surface area contributed by atoms with E-state index in [1.807, 2.05) is 39.0 Å². The molecule has 5 rings (SSSR count). The van der Waals surface area contributed by atoms with E-state index in [0.717, 1.165) is 65.8 Å². The first kappa shape index (κ1) is 26.9. The van der Waals surface area contributed by atoms with Crippen LogP contribution in [-0.2, 0) is 20.7 Å². The molecule has 7 nitrogen and oxygen atoms in total. The van der Waals surface area contributed by atoms with Crippen molar-refractivity contribution in [2.45, 2.75) is 77.5 Å². The zero-order chi connectivity index (χ0) is 27.4. The maximum atomic E-state index is 12.2. The summed E-state index contributed by atoms with van der Waals surface area (Å²) in [4.78, 5) is 21.3. The third kappa shape index (κ3) is 6.48. The molecule has 0 amide bonds. The van der Waals surface area contributed by atoms with Gasteiger partial charge in [-0.1, -0.05) is 61.5 Å². The van der Waals surface area contributed by atoms with Gasteiger partial charge in [-0.3, -0.25) is 0 Å². The lowest BCUT2D eigenvalue weighted by Crippen LogP contribution is -2.34. The second-order valence-corrected chi connectivity index (χ2v) is 11.2. The summed E-state index contributed by atoms with van der Waals surface area (Å²) in [7, 11) is 0. The highest BCUT2D eigenvalue weighted by Gasteiger charge is 2.27. The van der Waals surface area contributed by atoms with Gasteiger partial charge in [0.05, 0.1) is 11.5 Å². The van der Waals surface area contributed by atoms with E-state index in [2.05, 4.69) is 58.6 Å². The van der Waals surface area contributed by atoms with Crippen LogP contribution in [0.4, 0.5) is 5.82 Å². The number of esters is 1. The fraction of sp³-hybridized carbons (Fsp3) is 0.406. The third-order valence-electron chi connectivity index (χ3n) is 7.00. The predicted molar refractivity (Wildman–Crippen MR) is 154 cm³/mol. The molecule has 2 heterocycles. The lowest BCUT2D eigenvalue weighted by Gasteiger charge is -2.30. The second kappa shape index (κ2) is 11.6. The summed E-state index contributed by atoms with van der Waals surface area (Å²) >= 11 is 0. The van der Waals surface area contributed by atoms with Gasteiger partial charge in [-0.05, 0) is 64.0 Å². The number of carbonyl (C=O) groups excluding carboxylic acids is 1. The Bertz CT molecular complexity index is 1410. The first-order valence-electron chi connectivity index (χ1n) is 13.8. The molecule has 1 saturated carbocycles. The Morgan fingerprint density at radius 3 is 2.51 bits per heavy atom. The molecule has 2 aromatic carbocycles. The number of rotatable bonds is 8. The zero-order valence-electron chi connectivity index (χ0n) is 23.2. The van der Waals surface area contributed by atoms with E-state index in [9.17, 15) is 4.79 Å². The van der Waals surface area contributed by atoms with Crippen molar-refractivity contribution in [2.24, 2.45) is 0 Å². The minimum atomic E-state index is -0.521. The number of hydrogen-bond acceptors (Lipinski definition) is 7. The number of nitrogens with zero attached hydrogens (tertiary/aromatic N) is 2. The maximum absolute atomic E-state index is 12.2. The van der Waals surface area contributed by atoms with E-state index in [1.165, 1.54) is 5.56 Å². The monoisotopic (exact) mass is 527 g/mol. The average Bonchev–Trinajstić information content (AvgIpc) is 3.32. The summed E-state index contributed by atoms with van der Waals surface area (Å²) in [6.45, 7) is 7.70. The number of fused-ring (bicyclic) bond motifs is 1. The lowest BCUT2D eigenvalue weighted by molar-refractivity contribution is -0.162. The van der Waals surface area contributed by atoms with Crippen molar-refractivity contribution in [2.75, 3.05) is 11.9 Å². The van der Waals surface area contributed by atoms with Gasteiger partial charge in [-0.25, -0.2) is 14.8 Å². The van der Waals surface area contributed by atoms with Crippen LogP contribution in [0.5, 0.6) is 0 Å². The Kier molecular flexibility index (Phi) is 7.98. The van der Waals surface area contributed by atoms with Crippen LogP contribution < -0.4 is 5.32 Å². The number of ether oxygens (including phenoxy) is 2. The average molecular weight is 528 g/mol. The van der Waals surface area contributed by atoms with Gasteiger partial charge < -0.3 is 19.2 Å². The Morgan fingerprint density at radius 1 is 1.03 bits per heavy atom. The number of furan rings is 1. The van der Waals surface area contributed by atoms with Crippen molar-refractivity contribution in [1.29, 1.82) is 0 Å². The van der Waals surface area contributed by atoms with Crippen molar-refractivity contribution in [1.82, 2.24) is 9.97 Å². The van der Waals surface area contributed by atoms with Gasteiger partial charge in [0.15, 0.2) is 0 Å². The molecule has 204 valence electrons. The molecule has 39 heavy (non-hydrogen) atoms. The van der Waals surface area contributed by atoms with Crippen molar-refractivity contribution in [3.63, 3.8) is 0 Å². The highest BCUT2D eigenvalue weighted by atomic mass is 16.6. The number of aryl methyl sites for hydroxylation is 1. The summed E-state index contributed by atoms with van der Waals surface area (Å²) in [6.07, 6.45) is 6.18. The molecule has 0 saturated heterocycles. The fourth-order valence-corrected chi connectivity index (χ4v) is 5.20. The quantitative estimate of drug-likeness (QED) is 0.242. The number of nitrogens with one attached hydrogen (secondary N) is 1. The van der Waals surface area contributed by atoms with Gasteiger partial charge >= 0.3 is 5.97 Å². The summed E-state index contributed by atoms with van der Waals surface area (Å²) in [5.74, 6) is 1.19. The highest BCUT2D eigenvalue weighted by Crippen LogP contribution is 2.43. The molecule has 1 aliphatic rings. The molecule has 7 heteroatoms. The second-order valence-electron chi connectivity index (χ2n) is 11.2. The normalized spacial score (nSPS) is 17.7. The summed E-state index contributed by atoms with van der Waals surface area (Å²) in [6, 6.07) is 18.9. The number of hydrogen-bond donors (Lipinski definition) is 1. The minimum Gasteiger partial charge on any atom is -0.458 e. The van der Waals surface area contributed by atoms with Crippen molar-refractivity contribution < 1.29 is 18.7 Å². The first-order chi connectivity index (χ1) is 18.8. The van der Waals surface area contributed by atoms with E-state index in [-0.39, 0.29) is 24.7 Å². The molecule has 1 N–H and O–H groups in total. The van der Waals surface area contributed by atoms with Gasteiger partial charge in [0, 0.05) is 17.2 Å². The van der Waals surface area contributed by atoms with E-state index in [4.69, 9.17) is 13.9 Å². The molecule has 1 aliphatic carbocycles. The summed E-state index contributed by atoms with van der Waals surface area (Å²) in [5, 5.41) is 4.54. The van der Waals surface area contributed by atoms with Gasteiger partial charge in [-0.15, -0.1) is 0 Å². The van der Waals surface area contributed by atoms with Crippen molar-refractivity contribution >= 4 is 22.9 Å². The van der Waals surface area contributed by atoms with E-state index in [1.54, 1.807) is 6.33 Å². The molecule has 0 unspecified atom stereocenters. The van der Waals surface area contributed by atoms with Crippen LogP contribution in [0.15, 0.2) is 65.3 Å². The molecule has 2 aromatic heterocycles. The number of anilines is 1. The van der Waals surface area contributed by atoms with Crippen molar-refractivity contribution in [3.05, 3.63) is 66.5 Å². The van der Waals surface area contributed by atoms with E-state index < -0.39 is 5.60 Å². The molecule has 2 atom stereocenters. The summed E-state index contributed by atoms with van der Waals surface area (Å²) in [5.41, 5.74) is 4.34. The van der Waals surface area contributed by atoms with E-state index >= 15 is 0 Å². The minimum absolute atomic E-state index is 0.0219. The molecule has 0 aliphatic heterocycles. The Morgan fingerprint density at radius 2 is 1.79 bits per heavy atom. The van der Waals surface area contributed by atoms with Gasteiger partial charge in [-0.2, -0.15) is 0 Å². The molecular weight excluding hydrogens is 490 g/mol. The Labute approximate surface area is 230 Å². The SMILES string of the molecule is CCc1ccc(-c2c(-c3ccccc3)oc3ncnc(N[C@H]4CCC[C@H](OCC(=O)OC(C)(C)C)C4)c23)cc1.